The summed E-state index contributed by atoms with van der Waals surface area (Å²) in [6, 6.07) is 2.78. The van der Waals surface area contributed by atoms with Crippen molar-refractivity contribution in [3.63, 3.8) is 0 Å². The Bertz CT molecular complexity index is 1150. The van der Waals surface area contributed by atoms with Crippen molar-refractivity contribution in [2.45, 2.75) is 71.8 Å². The van der Waals surface area contributed by atoms with Gasteiger partial charge in [0.25, 0.3) is 5.91 Å². The molecule has 1 aliphatic carbocycles. The van der Waals surface area contributed by atoms with Crippen LogP contribution >= 0.6 is 0 Å². The van der Waals surface area contributed by atoms with Gasteiger partial charge in [0.05, 0.1) is 5.39 Å². The van der Waals surface area contributed by atoms with E-state index < -0.39 is 12.0 Å². The average Bonchev–Trinajstić information content (AvgIpc) is 3.28. The number of hydrogen-bond acceptors (Lipinski definition) is 6. The molecule has 1 aliphatic rings. The first kappa shape index (κ1) is 26.2. The maximum atomic E-state index is 12.3. The highest BCUT2D eigenvalue weighted by molar-refractivity contribution is 5.89. The summed E-state index contributed by atoms with van der Waals surface area (Å²) in [6.07, 6.45) is 4.64. The molecular formula is C26H34N2O7. The van der Waals surface area contributed by atoms with Crippen LogP contribution < -0.4 is 21.0 Å². The van der Waals surface area contributed by atoms with E-state index in [1.165, 1.54) is 0 Å². The number of carbonyl (C=O) groups is 3. The topological polar surface area (TPSA) is 135 Å². The van der Waals surface area contributed by atoms with Gasteiger partial charge < -0.3 is 24.9 Å². The zero-order valence-electron chi connectivity index (χ0n) is 20.6. The lowest BCUT2D eigenvalue weighted by atomic mass is 10.0. The van der Waals surface area contributed by atoms with Crippen LogP contribution in [0.25, 0.3) is 11.0 Å². The zero-order chi connectivity index (χ0) is 25.5. The van der Waals surface area contributed by atoms with E-state index in [4.69, 9.17) is 14.3 Å². The Kier molecular flexibility index (Phi) is 8.89. The molecule has 0 unspecified atom stereocenters. The minimum Gasteiger partial charge on any atom is -0.483 e. The van der Waals surface area contributed by atoms with E-state index in [0.29, 0.717) is 42.7 Å². The van der Waals surface area contributed by atoms with Crippen LogP contribution in [-0.2, 0) is 27.2 Å². The largest absolute Gasteiger partial charge is 0.483 e. The number of carboxylic acid groups (broad SMARTS) is 1. The molecule has 1 aromatic heterocycles. The third-order valence-electron chi connectivity index (χ3n) is 6.19. The zero-order valence-corrected chi connectivity index (χ0v) is 20.6. The lowest BCUT2D eigenvalue weighted by Crippen LogP contribution is -2.44. The van der Waals surface area contributed by atoms with Crippen molar-refractivity contribution in [1.29, 1.82) is 0 Å². The van der Waals surface area contributed by atoms with Gasteiger partial charge in [-0.1, -0.05) is 20.3 Å². The number of rotatable bonds is 12. The van der Waals surface area contributed by atoms with E-state index in [-0.39, 0.29) is 36.4 Å². The predicted octanol–water partition coefficient (Wildman–Crippen LogP) is 2.87. The van der Waals surface area contributed by atoms with Crippen LogP contribution in [0, 0.1) is 12.8 Å². The van der Waals surface area contributed by atoms with Gasteiger partial charge in [0.1, 0.15) is 17.4 Å². The molecule has 0 bridgehead atoms. The number of aryl methyl sites for hydroxylation is 2. The Hall–Kier alpha value is -3.36. The predicted molar refractivity (Wildman–Crippen MR) is 131 cm³/mol. The number of unbranched alkanes of at least 4 members (excludes halogenated alkanes) is 2. The third-order valence-corrected chi connectivity index (χ3v) is 6.19. The van der Waals surface area contributed by atoms with Gasteiger partial charge in [-0.25, -0.2) is 9.59 Å². The molecule has 3 rings (SSSR count). The van der Waals surface area contributed by atoms with Gasteiger partial charge in [0, 0.05) is 18.5 Å². The summed E-state index contributed by atoms with van der Waals surface area (Å²) in [4.78, 5) is 47.6. The molecule has 0 saturated carbocycles. The molecule has 0 radical (unpaired) electrons. The minimum atomic E-state index is -1.04. The number of nitrogens with one attached hydrogen (secondary N) is 2. The van der Waals surface area contributed by atoms with Crippen molar-refractivity contribution in [2.75, 3.05) is 13.2 Å². The van der Waals surface area contributed by atoms with Crippen LogP contribution in [0.15, 0.2) is 21.3 Å². The highest BCUT2D eigenvalue weighted by atomic mass is 16.5. The number of fused-ring (bicyclic) bond motifs is 3. The van der Waals surface area contributed by atoms with Gasteiger partial charge in [0.2, 0.25) is 5.91 Å². The molecular weight excluding hydrogens is 452 g/mol. The fourth-order valence-electron chi connectivity index (χ4n) is 4.39. The first-order chi connectivity index (χ1) is 16.7. The fourth-order valence-corrected chi connectivity index (χ4v) is 4.39. The average molecular weight is 487 g/mol. The monoisotopic (exact) mass is 486 g/mol. The first-order valence-electron chi connectivity index (χ1n) is 12.2. The molecule has 190 valence electrons. The van der Waals surface area contributed by atoms with Gasteiger partial charge in [0.15, 0.2) is 6.61 Å². The van der Waals surface area contributed by atoms with E-state index in [9.17, 15) is 19.2 Å². The second-order valence-corrected chi connectivity index (χ2v) is 9.41. The third kappa shape index (κ3) is 6.83. The lowest BCUT2D eigenvalue weighted by Gasteiger charge is -2.17. The van der Waals surface area contributed by atoms with Gasteiger partial charge in [-0.3, -0.25) is 9.59 Å². The quantitative estimate of drug-likeness (QED) is 0.310. The number of hydrogen-bond donors (Lipinski definition) is 3. The summed E-state index contributed by atoms with van der Waals surface area (Å²) in [5.41, 5.74) is 2.73. The Morgan fingerprint density at radius 2 is 1.83 bits per heavy atom. The maximum Gasteiger partial charge on any atom is 0.339 e. The van der Waals surface area contributed by atoms with E-state index in [2.05, 4.69) is 10.6 Å². The van der Waals surface area contributed by atoms with E-state index >= 15 is 0 Å². The molecule has 0 saturated heterocycles. The van der Waals surface area contributed by atoms with Crippen LogP contribution in [-0.4, -0.2) is 42.1 Å². The number of carboxylic acids is 1. The second kappa shape index (κ2) is 11.9. The second-order valence-electron chi connectivity index (χ2n) is 9.41. The highest BCUT2D eigenvalue weighted by Crippen LogP contribution is 2.35. The van der Waals surface area contributed by atoms with Crippen LogP contribution in [0.2, 0.25) is 0 Å². The number of carbonyl (C=O) groups excluding carboxylic acids is 2. The molecule has 1 atom stereocenters. The van der Waals surface area contributed by atoms with Crippen molar-refractivity contribution in [2.24, 2.45) is 5.92 Å². The van der Waals surface area contributed by atoms with Crippen LogP contribution in [0.1, 0.15) is 62.6 Å². The molecule has 1 heterocycles. The molecule has 9 heteroatoms. The molecule has 2 aromatic rings. The molecule has 3 N–H and O–H groups in total. The molecule has 35 heavy (non-hydrogen) atoms. The number of ether oxygens (including phenoxy) is 1. The van der Waals surface area contributed by atoms with Gasteiger partial charge >= 0.3 is 11.6 Å². The van der Waals surface area contributed by atoms with Crippen LogP contribution in [0.5, 0.6) is 5.75 Å². The van der Waals surface area contributed by atoms with Gasteiger partial charge in [-0.05, 0) is 68.2 Å². The lowest BCUT2D eigenvalue weighted by molar-refractivity contribution is -0.143. The van der Waals surface area contributed by atoms with Crippen molar-refractivity contribution in [1.82, 2.24) is 10.6 Å². The molecule has 1 aromatic carbocycles. The maximum absolute atomic E-state index is 12.3. The Morgan fingerprint density at radius 1 is 1.09 bits per heavy atom. The fraction of sp³-hybridized carbons (Fsp3) is 0.538. The van der Waals surface area contributed by atoms with E-state index in [1.807, 2.05) is 19.1 Å². The smallest absolute Gasteiger partial charge is 0.339 e. The Labute approximate surface area is 204 Å². The van der Waals surface area contributed by atoms with Gasteiger partial charge in [-0.2, -0.15) is 0 Å². The van der Waals surface area contributed by atoms with Crippen LogP contribution in [0.3, 0.4) is 0 Å². The molecule has 0 fully saturated rings. The highest BCUT2D eigenvalue weighted by Gasteiger charge is 2.24. The number of benzene rings is 1. The van der Waals surface area contributed by atoms with Crippen molar-refractivity contribution in [3.8, 4) is 5.75 Å². The summed E-state index contributed by atoms with van der Waals surface area (Å²) in [5.74, 6) is -1.22. The standard InChI is InChI=1S/C26H34N2O7/c1-15(2)24(25(31)32)28-21(29)10-5-4-6-11-27-22(30)14-34-19-12-16(3)13-20-23(19)17-8-7-9-18(17)26(33)35-20/h12-13,15,24H,4-11,14H2,1-3H3,(H,27,30)(H,28,29)(H,31,32)/t24-/m0/s1. The van der Waals surface area contributed by atoms with E-state index in [0.717, 1.165) is 35.8 Å². The van der Waals surface area contributed by atoms with E-state index in [1.54, 1.807) is 13.8 Å². The summed E-state index contributed by atoms with van der Waals surface area (Å²) in [7, 11) is 0. The SMILES string of the molecule is Cc1cc(OCC(=O)NCCCCCC(=O)N[C@H](C(=O)O)C(C)C)c2c3c(c(=O)oc2c1)CCC3. The molecule has 0 spiro atoms. The summed E-state index contributed by atoms with van der Waals surface area (Å²) < 4.78 is 11.3. The summed E-state index contributed by atoms with van der Waals surface area (Å²) in [6.45, 7) is 5.67. The first-order valence-corrected chi connectivity index (χ1v) is 12.2. The van der Waals surface area contributed by atoms with Crippen molar-refractivity contribution < 1.29 is 28.6 Å². The summed E-state index contributed by atoms with van der Waals surface area (Å²) in [5, 5.41) is 15.3. The normalized spacial score (nSPS) is 13.5. The minimum absolute atomic E-state index is 0.152. The van der Waals surface area contributed by atoms with Crippen molar-refractivity contribution in [3.05, 3.63) is 39.2 Å². The van der Waals surface area contributed by atoms with Gasteiger partial charge in [-0.15, -0.1) is 0 Å². The summed E-state index contributed by atoms with van der Waals surface area (Å²) >= 11 is 0. The number of aliphatic carboxylic acids is 1. The molecule has 2 amide bonds. The van der Waals surface area contributed by atoms with Crippen LogP contribution in [0.4, 0.5) is 0 Å². The Morgan fingerprint density at radius 3 is 2.54 bits per heavy atom. The Balaban J connectivity index is 1.42. The molecule has 9 nitrogen and oxygen atoms in total. The van der Waals surface area contributed by atoms with Crippen molar-refractivity contribution >= 4 is 28.8 Å². The molecule has 0 aliphatic heterocycles. The number of amides is 2.